The number of anilines is 1. The summed E-state index contributed by atoms with van der Waals surface area (Å²) in [5.74, 6) is 0. The number of nitrogens with zero attached hydrogens (tertiary/aromatic N) is 1. The standard InChI is InChI=1S/C17H20N2O4S2/c1-14-4-6-15(7-5-14)12-13-24(20,21)18-16-8-10-17(11-9-16)25(22,23)19(2)3/h4-13,18H,1-3H3/b13-12+. The molecule has 2 rings (SSSR count). The molecule has 0 aliphatic carbocycles. The maximum atomic E-state index is 12.1. The van der Waals surface area contributed by atoms with Crippen LogP contribution < -0.4 is 4.72 Å². The average Bonchev–Trinajstić information content (AvgIpc) is 2.54. The van der Waals surface area contributed by atoms with E-state index in [0.29, 0.717) is 0 Å². The molecule has 1 N–H and O–H groups in total. The Labute approximate surface area is 148 Å². The molecule has 0 radical (unpaired) electrons. The smallest absolute Gasteiger partial charge is 0.255 e. The van der Waals surface area contributed by atoms with Crippen molar-refractivity contribution in [2.45, 2.75) is 11.8 Å². The van der Waals surface area contributed by atoms with E-state index in [1.165, 1.54) is 44.4 Å². The van der Waals surface area contributed by atoms with E-state index in [9.17, 15) is 16.8 Å². The van der Waals surface area contributed by atoms with Crippen LogP contribution in [0.3, 0.4) is 0 Å². The van der Waals surface area contributed by atoms with Crippen molar-refractivity contribution in [1.82, 2.24) is 4.31 Å². The van der Waals surface area contributed by atoms with E-state index in [2.05, 4.69) is 4.72 Å². The van der Waals surface area contributed by atoms with Crippen molar-refractivity contribution in [3.8, 4) is 0 Å². The molecule has 6 nitrogen and oxygen atoms in total. The highest BCUT2D eigenvalue weighted by molar-refractivity contribution is 7.95. The molecule has 0 fully saturated rings. The molecule has 0 atom stereocenters. The second-order valence-corrected chi connectivity index (χ2v) is 9.39. The van der Waals surface area contributed by atoms with Crippen LogP contribution in [0.1, 0.15) is 11.1 Å². The highest BCUT2D eigenvalue weighted by Crippen LogP contribution is 2.18. The molecule has 0 spiro atoms. The molecule has 8 heteroatoms. The molecule has 0 saturated carbocycles. The number of hydrogen-bond acceptors (Lipinski definition) is 4. The van der Waals surface area contributed by atoms with Crippen LogP contribution in [-0.2, 0) is 20.0 Å². The first-order valence-corrected chi connectivity index (χ1v) is 10.4. The summed E-state index contributed by atoms with van der Waals surface area (Å²) in [6.45, 7) is 1.95. The fraction of sp³-hybridized carbons (Fsp3) is 0.176. The molecule has 2 aromatic carbocycles. The summed E-state index contributed by atoms with van der Waals surface area (Å²) in [5.41, 5.74) is 2.14. The van der Waals surface area contributed by atoms with E-state index in [1.54, 1.807) is 0 Å². The largest absolute Gasteiger partial charge is 0.280 e. The van der Waals surface area contributed by atoms with Crippen LogP contribution >= 0.6 is 0 Å². The second-order valence-electron chi connectivity index (χ2n) is 5.67. The molecular weight excluding hydrogens is 360 g/mol. The Morgan fingerprint density at radius 2 is 1.44 bits per heavy atom. The summed E-state index contributed by atoms with van der Waals surface area (Å²) < 4.78 is 51.7. The van der Waals surface area contributed by atoms with Gasteiger partial charge >= 0.3 is 0 Å². The van der Waals surface area contributed by atoms with Crippen LogP contribution in [0.4, 0.5) is 5.69 Å². The minimum atomic E-state index is -3.70. The van der Waals surface area contributed by atoms with E-state index in [-0.39, 0.29) is 10.6 Å². The Balaban J connectivity index is 2.14. The number of rotatable bonds is 6. The average molecular weight is 380 g/mol. The highest BCUT2D eigenvalue weighted by atomic mass is 32.2. The van der Waals surface area contributed by atoms with Crippen molar-refractivity contribution >= 4 is 31.8 Å². The summed E-state index contributed by atoms with van der Waals surface area (Å²) in [6.07, 6.45) is 1.49. The molecule has 0 heterocycles. The Hall–Kier alpha value is -2.16. The number of nitrogens with one attached hydrogen (secondary N) is 1. The molecule has 0 aromatic heterocycles. The van der Waals surface area contributed by atoms with Gasteiger partial charge in [0.15, 0.2) is 0 Å². The van der Waals surface area contributed by atoms with Gasteiger partial charge in [0, 0.05) is 19.8 Å². The Bertz CT molecular complexity index is 960. The highest BCUT2D eigenvalue weighted by Gasteiger charge is 2.17. The van der Waals surface area contributed by atoms with E-state index in [4.69, 9.17) is 0 Å². The van der Waals surface area contributed by atoms with Crippen molar-refractivity contribution in [2.75, 3.05) is 18.8 Å². The third-order valence-electron chi connectivity index (χ3n) is 3.41. The van der Waals surface area contributed by atoms with Gasteiger partial charge in [0.05, 0.1) is 10.3 Å². The van der Waals surface area contributed by atoms with Gasteiger partial charge in [0.1, 0.15) is 0 Å². The van der Waals surface area contributed by atoms with Gasteiger partial charge in [-0.05, 0) is 42.8 Å². The third kappa shape index (κ3) is 5.15. The monoisotopic (exact) mass is 380 g/mol. The molecule has 0 amide bonds. The second kappa shape index (κ2) is 7.38. The van der Waals surface area contributed by atoms with Crippen molar-refractivity contribution in [3.63, 3.8) is 0 Å². The first kappa shape index (κ1) is 19.2. The van der Waals surface area contributed by atoms with Crippen molar-refractivity contribution in [3.05, 3.63) is 65.1 Å². The molecule has 25 heavy (non-hydrogen) atoms. The summed E-state index contributed by atoms with van der Waals surface area (Å²) in [7, 11) is -4.38. The first-order valence-electron chi connectivity index (χ1n) is 7.40. The van der Waals surface area contributed by atoms with E-state index in [0.717, 1.165) is 20.8 Å². The number of hydrogen-bond donors (Lipinski definition) is 1. The van der Waals surface area contributed by atoms with E-state index >= 15 is 0 Å². The molecule has 0 bridgehead atoms. The van der Waals surface area contributed by atoms with Gasteiger partial charge in [0.25, 0.3) is 10.0 Å². The van der Waals surface area contributed by atoms with Crippen molar-refractivity contribution in [1.29, 1.82) is 0 Å². The number of sulfonamides is 2. The molecule has 0 saturated heterocycles. The molecule has 2 aromatic rings. The summed E-state index contributed by atoms with van der Waals surface area (Å²) in [4.78, 5) is 0.0932. The van der Waals surface area contributed by atoms with E-state index in [1.807, 2.05) is 31.2 Å². The Morgan fingerprint density at radius 3 is 1.96 bits per heavy atom. The normalized spacial score (nSPS) is 12.6. The molecule has 134 valence electrons. The number of benzene rings is 2. The Kier molecular flexibility index (Phi) is 5.66. The molecule has 0 unspecified atom stereocenters. The maximum absolute atomic E-state index is 12.1. The summed E-state index contributed by atoms with van der Waals surface area (Å²) in [5, 5.41) is 1.07. The van der Waals surface area contributed by atoms with Crippen molar-refractivity contribution in [2.24, 2.45) is 0 Å². The summed E-state index contributed by atoms with van der Waals surface area (Å²) in [6, 6.07) is 13.0. The van der Waals surface area contributed by atoms with Gasteiger partial charge in [-0.15, -0.1) is 0 Å². The first-order chi connectivity index (χ1) is 11.6. The lowest BCUT2D eigenvalue weighted by molar-refractivity contribution is 0.521. The van der Waals surface area contributed by atoms with Crippen LogP contribution in [0, 0.1) is 6.92 Å². The molecule has 0 aliphatic heterocycles. The van der Waals surface area contributed by atoms with Gasteiger partial charge in [-0.3, -0.25) is 4.72 Å². The predicted octanol–water partition coefficient (Wildman–Crippen LogP) is 2.66. The van der Waals surface area contributed by atoms with Crippen LogP contribution in [0.2, 0.25) is 0 Å². The van der Waals surface area contributed by atoms with Gasteiger partial charge in [-0.2, -0.15) is 0 Å². The Morgan fingerprint density at radius 1 is 0.880 bits per heavy atom. The zero-order chi connectivity index (χ0) is 18.7. The quantitative estimate of drug-likeness (QED) is 0.835. The number of aryl methyl sites for hydroxylation is 1. The van der Waals surface area contributed by atoms with Gasteiger partial charge in [0.2, 0.25) is 10.0 Å². The van der Waals surface area contributed by atoms with Crippen LogP contribution in [0.15, 0.2) is 58.8 Å². The molecular formula is C17H20N2O4S2. The minimum absolute atomic E-state index is 0.0932. The predicted molar refractivity (Wildman–Crippen MR) is 100 cm³/mol. The van der Waals surface area contributed by atoms with Crippen LogP contribution in [-0.4, -0.2) is 35.2 Å². The molecule has 0 aliphatic rings. The van der Waals surface area contributed by atoms with Gasteiger partial charge in [-0.25, -0.2) is 21.1 Å². The fourth-order valence-electron chi connectivity index (χ4n) is 1.95. The topological polar surface area (TPSA) is 83.5 Å². The third-order valence-corrected chi connectivity index (χ3v) is 6.25. The lowest BCUT2D eigenvalue weighted by Gasteiger charge is -2.12. The van der Waals surface area contributed by atoms with Gasteiger partial charge < -0.3 is 0 Å². The maximum Gasteiger partial charge on any atom is 0.255 e. The summed E-state index contributed by atoms with van der Waals surface area (Å²) >= 11 is 0. The fourth-order valence-corrected chi connectivity index (χ4v) is 3.72. The lowest BCUT2D eigenvalue weighted by atomic mass is 10.2. The van der Waals surface area contributed by atoms with Gasteiger partial charge in [-0.1, -0.05) is 29.8 Å². The van der Waals surface area contributed by atoms with E-state index < -0.39 is 20.0 Å². The van der Waals surface area contributed by atoms with Crippen molar-refractivity contribution < 1.29 is 16.8 Å². The van der Waals surface area contributed by atoms with Crippen LogP contribution in [0.25, 0.3) is 6.08 Å². The zero-order valence-electron chi connectivity index (χ0n) is 14.2. The zero-order valence-corrected chi connectivity index (χ0v) is 15.8. The lowest BCUT2D eigenvalue weighted by Crippen LogP contribution is -2.22. The SMILES string of the molecule is Cc1ccc(/C=C/S(=O)(=O)Nc2ccc(S(=O)(=O)N(C)C)cc2)cc1. The minimum Gasteiger partial charge on any atom is -0.280 e. The van der Waals surface area contributed by atoms with Crippen LogP contribution in [0.5, 0.6) is 0 Å².